The van der Waals surface area contributed by atoms with Crippen LogP contribution in [0, 0.1) is 0 Å². The van der Waals surface area contributed by atoms with Gasteiger partial charge < -0.3 is 4.42 Å². The predicted molar refractivity (Wildman–Crippen MR) is 228 cm³/mol. The Morgan fingerprint density at radius 3 is 1.91 bits per heavy atom. The fraction of sp³-hybridized carbons (Fsp3) is 0.0962. The lowest BCUT2D eigenvalue weighted by Crippen LogP contribution is -2.00. The monoisotopic (exact) mass is 695 g/mol. The zero-order valence-electron chi connectivity index (χ0n) is 30.2. The number of benzene rings is 7. The van der Waals surface area contributed by atoms with Crippen molar-refractivity contribution < 1.29 is 4.42 Å². The lowest BCUT2D eigenvalue weighted by Gasteiger charge is -2.14. The van der Waals surface area contributed by atoms with Crippen molar-refractivity contribution >= 4 is 33.7 Å². The Morgan fingerprint density at radius 1 is 0.556 bits per heavy atom. The Bertz CT molecular complexity index is 2630. The fourth-order valence-electron chi connectivity index (χ4n) is 7.71. The predicted octanol–water partition coefficient (Wildman–Crippen LogP) is 14.1. The maximum atomic E-state index is 6.39. The Labute approximate surface area is 317 Å². The van der Waals surface area contributed by atoms with Crippen LogP contribution in [-0.4, -0.2) is 6.21 Å². The van der Waals surface area contributed by atoms with Crippen molar-refractivity contribution in [1.82, 2.24) is 0 Å². The first-order chi connectivity index (χ1) is 26.7. The molecular weight excluding hydrogens is 655 g/mol. The van der Waals surface area contributed by atoms with Gasteiger partial charge in [0, 0.05) is 22.6 Å². The van der Waals surface area contributed by atoms with Crippen LogP contribution in [0.5, 0.6) is 0 Å². The minimum Gasteiger partial charge on any atom is -0.456 e. The van der Waals surface area contributed by atoms with Crippen LogP contribution in [0.2, 0.25) is 0 Å². The van der Waals surface area contributed by atoms with Crippen molar-refractivity contribution in [1.29, 1.82) is 0 Å². The van der Waals surface area contributed by atoms with E-state index in [1.165, 1.54) is 50.1 Å². The van der Waals surface area contributed by atoms with Crippen LogP contribution in [0.4, 0.5) is 0 Å². The van der Waals surface area contributed by atoms with Crippen LogP contribution in [0.1, 0.15) is 47.6 Å². The normalized spacial score (nSPS) is 13.4. The lowest BCUT2D eigenvalue weighted by atomic mass is 9.95. The molecule has 1 aromatic heterocycles. The Hall–Kier alpha value is -6.51. The summed E-state index contributed by atoms with van der Waals surface area (Å²) in [6, 6.07) is 60.8. The number of allylic oxidation sites excluding steroid dienone is 4. The second-order valence-corrected chi connectivity index (χ2v) is 14.2. The number of fused-ring (bicyclic) bond motifs is 3. The molecular formula is C52H41NO. The third-order valence-electron chi connectivity index (χ3n) is 10.7. The van der Waals surface area contributed by atoms with Gasteiger partial charge in [-0.05, 0) is 106 Å². The molecule has 1 unspecified atom stereocenters. The van der Waals surface area contributed by atoms with E-state index in [1.54, 1.807) is 0 Å². The van der Waals surface area contributed by atoms with Gasteiger partial charge in [-0.15, -0.1) is 0 Å². The Balaban J connectivity index is 0.984. The summed E-state index contributed by atoms with van der Waals surface area (Å²) in [5.74, 6) is 0. The zero-order chi connectivity index (χ0) is 36.1. The molecule has 2 nitrogen and oxygen atoms in total. The van der Waals surface area contributed by atoms with E-state index in [1.807, 2.05) is 0 Å². The van der Waals surface area contributed by atoms with Crippen molar-refractivity contribution in [3.63, 3.8) is 0 Å². The molecule has 1 aliphatic rings. The zero-order valence-corrected chi connectivity index (χ0v) is 30.2. The maximum absolute atomic E-state index is 6.39. The highest BCUT2D eigenvalue weighted by atomic mass is 16.3. The molecule has 1 aliphatic carbocycles. The van der Waals surface area contributed by atoms with Crippen molar-refractivity contribution in [3.8, 4) is 33.4 Å². The molecule has 9 rings (SSSR count). The van der Waals surface area contributed by atoms with Gasteiger partial charge >= 0.3 is 0 Å². The van der Waals surface area contributed by atoms with Crippen LogP contribution in [0.25, 0.3) is 60.9 Å². The van der Waals surface area contributed by atoms with Gasteiger partial charge in [0.1, 0.15) is 11.2 Å². The van der Waals surface area contributed by atoms with E-state index in [2.05, 4.69) is 194 Å². The molecule has 7 aromatic carbocycles. The maximum Gasteiger partial charge on any atom is 0.136 e. The smallest absolute Gasteiger partial charge is 0.136 e. The van der Waals surface area contributed by atoms with E-state index >= 15 is 0 Å². The molecule has 1 atom stereocenters. The lowest BCUT2D eigenvalue weighted by molar-refractivity contribution is 0.656. The van der Waals surface area contributed by atoms with Crippen LogP contribution in [0.15, 0.2) is 197 Å². The van der Waals surface area contributed by atoms with Crippen LogP contribution in [0.3, 0.4) is 0 Å². The van der Waals surface area contributed by atoms with Crippen LogP contribution < -0.4 is 0 Å². The van der Waals surface area contributed by atoms with E-state index in [-0.39, 0.29) is 6.04 Å². The standard InChI is InChI=1S/C52H41NO/c1-4-12-38(13-5-1)40-25-22-37(23-26-40)24-32-49(43-16-8-3-9-17-43)53-36-47-20-11-21-51-52(47)48-35-46(31-33-50(48)54-51)42-29-27-41(28-30-42)45-19-10-18-44(34-45)39-14-6-2-7-15-39/h1-4,6-12,14-23,25-31,33-36,49H,5,13,24,32H2. The summed E-state index contributed by atoms with van der Waals surface area (Å²) in [6.45, 7) is 0. The minimum atomic E-state index is 0.0351. The van der Waals surface area contributed by atoms with Crippen LogP contribution in [-0.2, 0) is 6.42 Å². The highest BCUT2D eigenvalue weighted by Gasteiger charge is 2.14. The third kappa shape index (κ3) is 7.12. The summed E-state index contributed by atoms with van der Waals surface area (Å²) in [5, 5.41) is 2.20. The molecule has 0 aliphatic heterocycles. The summed E-state index contributed by atoms with van der Waals surface area (Å²) in [5.41, 5.74) is 15.3. The van der Waals surface area contributed by atoms with Gasteiger partial charge in [0.25, 0.3) is 0 Å². The van der Waals surface area contributed by atoms with Crippen molar-refractivity contribution in [2.45, 2.75) is 31.7 Å². The number of hydrogen-bond donors (Lipinski definition) is 0. The highest BCUT2D eigenvalue weighted by Crippen LogP contribution is 2.36. The highest BCUT2D eigenvalue weighted by molar-refractivity contribution is 6.13. The molecule has 0 fully saturated rings. The van der Waals surface area contributed by atoms with Gasteiger partial charge in [0.2, 0.25) is 0 Å². The number of furan rings is 1. The van der Waals surface area contributed by atoms with Crippen molar-refractivity contribution in [2.75, 3.05) is 0 Å². The molecule has 0 N–H and O–H groups in total. The molecule has 2 heteroatoms. The molecule has 8 aromatic rings. The van der Waals surface area contributed by atoms with E-state index in [9.17, 15) is 0 Å². The van der Waals surface area contributed by atoms with Gasteiger partial charge in [-0.2, -0.15) is 0 Å². The molecule has 0 spiro atoms. The second-order valence-electron chi connectivity index (χ2n) is 14.2. The Morgan fingerprint density at radius 2 is 1.19 bits per heavy atom. The first kappa shape index (κ1) is 33.3. The van der Waals surface area contributed by atoms with Crippen molar-refractivity contribution in [3.05, 3.63) is 210 Å². The summed E-state index contributed by atoms with van der Waals surface area (Å²) in [7, 11) is 0. The van der Waals surface area contributed by atoms with Gasteiger partial charge in [0.15, 0.2) is 0 Å². The first-order valence-electron chi connectivity index (χ1n) is 19.0. The quantitative estimate of drug-likeness (QED) is 0.131. The average Bonchev–Trinajstić information content (AvgIpc) is 3.64. The topological polar surface area (TPSA) is 25.5 Å². The second kappa shape index (κ2) is 15.2. The summed E-state index contributed by atoms with van der Waals surface area (Å²) < 4.78 is 6.39. The molecule has 1 heterocycles. The number of aryl methyl sites for hydroxylation is 1. The van der Waals surface area contributed by atoms with E-state index in [0.717, 1.165) is 58.7 Å². The summed E-state index contributed by atoms with van der Waals surface area (Å²) >= 11 is 0. The molecule has 0 amide bonds. The molecule has 0 saturated heterocycles. The molecule has 0 bridgehead atoms. The fourth-order valence-corrected chi connectivity index (χ4v) is 7.71. The number of hydrogen-bond acceptors (Lipinski definition) is 2. The molecule has 54 heavy (non-hydrogen) atoms. The molecule has 0 radical (unpaired) electrons. The van der Waals surface area contributed by atoms with E-state index in [0.29, 0.717) is 0 Å². The van der Waals surface area contributed by atoms with Gasteiger partial charge in [-0.3, -0.25) is 4.99 Å². The third-order valence-corrected chi connectivity index (χ3v) is 10.7. The number of aliphatic imine (C=N–C) groups is 1. The van der Waals surface area contributed by atoms with Gasteiger partial charge in [0.05, 0.1) is 6.04 Å². The number of nitrogens with zero attached hydrogens (tertiary/aromatic N) is 1. The summed E-state index contributed by atoms with van der Waals surface area (Å²) in [6.07, 6.45) is 12.8. The first-order valence-corrected chi connectivity index (χ1v) is 19.0. The molecule has 0 saturated carbocycles. The Kier molecular flexibility index (Phi) is 9.40. The average molecular weight is 696 g/mol. The largest absolute Gasteiger partial charge is 0.456 e. The van der Waals surface area contributed by atoms with Gasteiger partial charge in [-0.25, -0.2) is 0 Å². The van der Waals surface area contributed by atoms with E-state index < -0.39 is 0 Å². The van der Waals surface area contributed by atoms with Gasteiger partial charge in [-0.1, -0.05) is 164 Å². The molecule has 260 valence electrons. The summed E-state index contributed by atoms with van der Waals surface area (Å²) in [4.78, 5) is 5.27. The SMILES string of the molecule is C1=CCCC(c2ccc(CCC(N=Cc3cccc4oc5ccc(-c6ccc(-c7cccc(-c8ccccc8)c7)cc6)cc5c34)c3ccccc3)cc2)=C1. The number of rotatable bonds is 10. The van der Waals surface area contributed by atoms with Crippen LogP contribution >= 0.6 is 0 Å². The van der Waals surface area contributed by atoms with Crippen molar-refractivity contribution in [2.24, 2.45) is 4.99 Å². The minimum absolute atomic E-state index is 0.0351. The van der Waals surface area contributed by atoms with E-state index in [4.69, 9.17) is 9.41 Å².